The Morgan fingerprint density at radius 2 is 2.16 bits per heavy atom. The number of guanidine groups is 1. The number of halogens is 2. The zero-order valence-electron chi connectivity index (χ0n) is 15.3. The van der Waals surface area contributed by atoms with Gasteiger partial charge in [-0.1, -0.05) is 18.2 Å². The third-order valence-corrected chi connectivity index (χ3v) is 4.26. The summed E-state index contributed by atoms with van der Waals surface area (Å²) >= 11 is 0. The van der Waals surface area contributed by atoms with E-state index in [0.717, 1.165) is 32.8 Å². The van der Waals surface area contributed by atoms with Crippen LogP contribution in [0.2, 0.25) is 0 Å². The van der Waals surface area contributed by atoms with Gasteiger partial charge in [-0.3, -0.25) is 4.90 Å². The highest BCUT2D eigenvalue weighted by Crippen LogP contribution is 2.10. The predicted octanol–water partition coefficient (Wildman–Crippen LogP) is 2.61. The molecule has 5 nitrogen and oxygen atoms in total. The van der Waals surface area contributed by atoms with Crippen molar-refractivity contribution in [3.05, 3.63) is 35.6 Å². The van der Waals surface area contributed by atoms with Crippen molar-refractivity contribution in [3.8, 4) is 0 Å². The maximum atomic E-state index is 13.7. The highest BCUT2D eigenvalue weighted by Gasteiger charge is 2.23. The number of ether oxygens (including phenoxy) is 1. The molecule has 1 fully saturated rings. The second kappa shape index (κ2) is 11.6. The summed E-state index contributed by atoms with van der Waals surface area (Å²) in [5.74, 6) is 0.501. The highest BCUT2D eigenvalue weighted by atomic mass is 127. The van der Waals surface area contributed by atoms with Crippen LogP contribution in [0.25, 0.3) is 0 Å². The van der Waals surface area contributed by atoms with Gasteiger partial charge in [0.15, 0.2) is 5.96 Å². The van der Waals surface area contributed by atoms with Crippen molar-refractivity contribution in [2.24, 2.45) is 4.99 Å². The minimum Gasteiger partial charge on any atom is -0.379 e. The molecule has 25 heavy (non-hydrogen) atoms. The fourth-order valence-corrected chi connectivity index (χ4v) is 2.89. The Labute approximate surface area is 167 Å². The van der Waals surface area contributed by atoms with Gasteiger partial charge in [0, 0.05) is 37.3 Å². The normalized spacial score (nSPS) is 19.8. The van der Waals surface area contributed by atoms with Gasteiger partial charge < -0.3 is 15.4 Å². The smallest absolute Gasteiger partial charge is 0.191 e. The number of hydrogen-bond donors (Lipinski definition) is 2. The van der Waals surface area contributed by atoms with Gasteiger partial charge in [0.1, 0.15) is 5.82 Å². The van der Waals surface area contributed by atoms with Crippen LogP contribution in [0.1, 0.15) is 26.3 Å². The van der Waals surface area contributed by atoms with Crippen molar-refractivity contribution < 1.29 is 9.13 Å². The lowest BCUT2D eigenvalue weighted by atomic mass is 10.2. The van der Waals surface area contributed by atoms with Gasteiger partial charge in [-0.05, 0) is 26.8 Å². The van der Waals surface area contributed by atoms with Crippen LogP contribution in [-0.4, -0.2) is 55.8 Å². The van der Waals surface area contributed by atoms with E-state index in [1.807, 2.05) is 13.0 Å². The van der Waals surface area contributed by atoms with Crippen molar-refractivity contribution in [3.63, 3.8) is 0 Å². The number of morpholine rings is 1. The van der Waals surface area contributed by atoms with Crippen LogP contribution in [0.4, 0.5) is 4.39 Å². The molecule has 1 aromatic carbocycles. The Hall–Kier alpha value is -0.930. The van der Waals surface area contributed by atoms with Gasteiger partial charge in [-0.25, -0.2) is 9.38 Å². The first-order valence-corrected chi connectivity index (χ1v) is 8.71. The maximum Gasteiger partial charge on any atom is 0.191 e. The van der Waals surface area contributed by atoms with Crippen LogP contribution in [0.3, 0.4) is 0 Å². The van der Waals surface area contributed by atoms with Crippen LogP contribution < -0.4 is 10.6 Å². The van der Waals surface area contributed by atoms with E-state index in [0.29, 0.717) is 30.2 Å². The molecule has 1 aliphatic rings. The van der Waals surface area contributed by atoms with E-state index in [1.165, 1.54) is 6.07 Å². The summed E-state index contributed by atoms with van der Waals surface area (Å²) in [6.07, 6.45) is 0. The quantitative estimate of drug-likeness (QED) is 0.386. The monoisotopic (exact) mass is 464 g/mol. The Morgan fingerprint density at radius 1 is 1.40 bits per heavy atom. The summed E-state index contributed by atoms with van der Waals surface area (Å²) in [5, 5.41) is 6.58. The van der Waals surface area contributed by atoms with Crippen molar-refractivity contribution in [2.45, 2.75) is 39.4 Å². The molecule has 1 aromatic rings. The van der Waals surface area contributed by atoms with Crippen molar-refractivity contribution in [2.75, 3.05) is 32.8 Å². The third kappa shape index (κ3) is 7.07. The summed E-state index contributed by atoms with van der Waals surface area (Å²) in [5.41, 5.74) is 0.601. The predicted molar refractivity (Wildman–Crippen MR) is 111 cm³/mol. The van der Waals surface area contributed by atoms with E-state index < -0.39 is 0 Å². The first-order valence-electron chi connectivity index (χ1n) is 8.71. The molecular formula is C18H30FIN4O. The van der Waals surface area contributed by atoms with E-state index in [9.17, 15) is 4.39 Å². The lowest BCUT2D eigenvalue weighted by molar-refractivity contribution is -0.0174. The molecule has 0 aromatic heterocycles. The van der Waals surface area contributed by atoms with Gasteiger partial charge in [-0.15, -0.1) is 24.0 Å². The van der Waals surface area contributed by atoms with Crippen LogP contribution >= 0.6 is 24.0 Å². The van der Waals surface area contributed by atoms with E-state index >= 15 is 0 Å². The number of rotatable bonds is 6. The molecule has 0 saturated carbocycles. The maximum absolute atomic E-state index is 13.7. The molecule has 0 aliphatic carbocycles. The molecule has 0 spiro atoms. The zero-order valence-corrected chi connectivity index (χ0v) is 17.6. The second-order valence-corrected chi connectivity index (χ2v) is 6.18. The lowest BCUT2D eigenvalue weighted by Crippen LogP contribution is -2.53. The summed E-state index contributed by atoms with van der Waals surface area (Å²) < 4.78 is 19.2. The molecule has 1 saturated heterocycles. The average Bonchev–Trinajstić information content (AvgIpc) is 2.58. The molecule has 0 radical (unpaired) electrons. The topological polar surface area (TPSA) is 48.9 Å². The third-order valence-electron chi connectivity index (χ3n) is 4.26. The second-order valence-electron chi connectivity index (χ2n) is 6.18. The number of aliphatic imine (C=N–C) groups is 1. The molecule has 1 aliphatic heterocycles. The van der Waals surface area contributed by atoms with E-state index in [1.54, 1.807) is 12.1 Å². The first kappa shape index (κ1) is 22.1. The Balaban J connectivity index is 0.00000312. The SMILES string of the molecule is CCNC(=NCc1ccccc1F)NCC(C)N1CCOCC1C.I. The largest absolute Gasteiger partial charge is 0.379 e. The molecule has 2 atom stereocenters. The number of nitrogens with one attached hydrogen (secondary N) is 2. The van der Waals surface area contributed by atoms with Crippen molar-refractivity contribution in [1.82, 2.24) is 15.5 Å². The van der Waals surface area contributed by atoms with Gasteiger partial charge in [0.05, 0.1) is 19.8 Å². The molecule has 142 valence electrons. The number of nitrogens with zero attached hydrogens (tertiary/aromatic N) is 2. The molecule has 1 heterocycles. The van der Waals surface area contributed by atoms with Gasteiger partial charge in [0.2, 0.25) is 0 Å². The molecule has 0 amide bonds. The van der Waals surface area contributed by atoms with Crippen LogP contribution in [0.15, 0.2) is 29.3 Å². The summed E-state index contributed by atoms with van der Waals surface area (Å²) in [6, 6.07) is 7.55. The van der Waals surface area contributed by atoms with Crippen molar-refractivity contribution >= 4 is 29.9 Å². The van der Waals surface area contributed by atoms with E-state index in [2.05, 4.69) is 34.4 Å². The Morgan fingerprint density at radius 3 is 2.84 bits per heavy atom. The fourth-order valence-electron chi connectivity index (χ4n) is 2.89. The molecule has 2 unspecified atom stereocenters. The van der Waals surface area contributed by atoms with Gasteiger partial charge in [-0.2, -0.15) is 0 Å². The van der Waals surface area contributed by atoms with Crippen LogP contribution in [0, 0.1) is 5.82 Å². The zero-order chi connectivity index (χ0) is 17.4. The first-order chi connectivity index (χ1) is 11.6. The number of benzene rings is 1. The fraction of sp³-hybridized carbons (Fsp3) is 0.611. The van der Waals surface area contributed by atoms with Crippen molar-refractivity contribution in [1.29, 1.82) is 0 Å². The van der Waals surface area contributed by atoms with E-state index in [4.69, 9.17) is 4.74 Å². The highest BCUT2D eigenvalue weighted by molar-refractivity contribution is 14.0. The summed E-state index contributed by atoms with van der Waals surface area (Å²) in [7, 11) is 0. The van der Waals surface area contributed by atoms with Gasteiger partial charge >= 0.3 is 0 Å². The molecule has 7 heteroatoms. The Bertz CT molecular complexity index is 544. The number of hydrogen-bond acceptors (Lipinski definition) is 3. The minimum absolute atomic E-state index is 0. The molecule has 0 bridgehead atoms. The van der Waals surface area contributed by atoms with Crippen LogP contribution in [0.5, 0.6) is 0 Å². The summed E-state index contributed by atoms with van der Waals surface area (Å²) in [4.78, 5) is 6.93. The standard InChI is InChI=1S/C18H29FN4O.HI/c1-4-20-18(22-12-16-7-5-6-8-17(16)19)21-11-14(2)23-9-10-24-13-15(23)3;/h5-8,14-15H,4,9-13H2,1-3H3,(H2,20,21,22);1H. The molecule has 2 N–H and O–H groups in total. The molecular weight excluding hydrogens is 434 g/mol. The van der Waals surface area contributed by atoms with Gasteiger partial charge in [0.25, 0.3) is 0 Å². The molecule has 2 rings (SSSR count). The minimum atomic E-state index is -0.215. The van der Waals surface area contributed by atoms with E-state index in [-0.39, 0.29) is 29.8 Å². The average molecular weight is 464 g/mol. The Kier molecular flexibility index (Phi) is 10.3. The van der Waals surface area contributed by atoms with Crippen LogP contribution in [-0.2, 0) is 11.3 Å². The lowest BCUT2D eigenvalue weighted by Gasteiger charge is -2.38. The summed E-state index contributed by atoms with van der Waals surface area (Å²) in [6.45, 7) is 10.8.